The van der Waals surface area contributed by atoms with Gasteiger partial charge in [-0.3, -0.25) is 0 Å². The molecule has 3 nitrogen and oxygen atoms in total. The minimum atomic E-state index is 0.475. The van der Waals surface area contributed by atoms with Crippen LogP contribution in [0.15, 0.2) is 28.9 Å². The number of para-hydroxylation sites is 1. The van der Waals surface area contributed by atoms with Crippen molar-refractivity contribution in [1.82, 2.24) is 5.32 Å². The van der Waals surface area contributed by atoms with E-state index in [1.807, 2.05) is 18.4 Å². The number of nitrogens with one attached hydrogen (secondary N) is 1. The zero-order valence-corrected chi connectivity index (χ0v) is 9.79. The molecular weight excluding hydrogens is 200 g/mol. The SMILES string of the molecule is CC(C)NCc1coc2c(CN)cccc12. The van der Waals surface area contributed by atoms with E-state index in [1.54, 1.807) is 0 Å². The van der Waals surface area contributed by atoms with E-state index in [2.05, 4.69) is 25.2 Å². The number of hydrogen-bond acceptors (Lipinski definition) is 3. The van der Waals surface area contributed by atoms with Crippen LogP contribution in [-0.2, 0) is 13.1 Å². The fraction of sp³-hybridized carbons (Fsp3) is 0.385. The molecule has 3 N–H and O–H groups in total. The van der Waals surface area contributed by atoms with Gasteiger partial charge in [0.25, 0.3) is 0 Å². The molecule has 0 bridgehead atoms. The normalized spacial score (nSPS) is 11.5. The highest BCUT2D eigenvalue weighted by molar-refractivity contribution is 5.83. The van der Waals surface area contributed by atoms with Gasteiger partial charge in [-0.1, -0.05) is 32.0 Å². The lowest BCUT2D eigenvalue weighted by Crippen LogP contribution is -2.21. The van der Waals surface area contributed by atoms with E-state index in [-0.39, 0.29) is 0 Å². The van der Waals surface area contributed by atoms with Gasteiger partial charge >= 0.3 is 0 Å². The number of benzene rings is 1. The van der Waals surface area contributed by atoms with Crippen molar-refractivity contribution >= 4 is 11.0 Å². The van der Waals surface area contributed by atoms with Crippen molar-refractivity contribution in [2.24, 2.45) is 5.73 Å². The zero-order chi connectivity index (χ0) is 11.5. The fourth-order valence-electron chi connectivity index (χ4n) is 1.78. The summed E-state index contributed by atoms with van der Waals surface area (Å²) in [5, 5.41) is 4.55. The lowest BCUT2D eigenvalue weighted by atomic mass is 10.1. The van der Waals surface area contributed by atoms with Crippen molar-refractivity contribution in [3.63, 3.8) is 0 Å². The van der Waals surface area contributed by atoms with Gasteiger partial charge in [0, 0.05) is 35.6 Å². The molecule has 0 spiro atoms. The Morgan fingerprint density at radius 2 is 2.12 bits per heavy atom. The summed E-state index contributed by atoms with van der Waals surface area (Å²) in [5.74, 6) is 0. The highest BCUT2D eigenvalue weighted by atomic mass is 16.3. The third-order valence-corrected chi connectivity index (χ3v) is 2.68. The molecule has 2 rings (SSSR count). The summed E-state index contributed by atoms with van der Waals surface area (Å²) in [5.41, 5.74) is 8.85. The lowest BCUT2D eigenvalue weighted by Gasteiger charge is -2.06. The van der Waals surface area contributed by atoms with Gasteiger partial charge in [0.1, 0.15) is 5.58 Å². The van der Waals surface area contributed by atoms with E-state index < -0.39 is 0 Å². The van der Waals surface area contributed by atoms with Gasteiger partial charge in [0.05, 0.1) is 6.26 Å². The van der Waals surface area contributed by atoms with Crippen LogP contribution < -0.4 is 11.1 Å². The molecule has 0 atom stereocenters. The molecule has 0 aliphatic heterocycles. The van der Waals surface area contributed by atoms with Gasteiger partial charge in [-0.05, 0) is 0 Å². The van der Waals surface area contributed by atoms with Crippen LogP contribution in [-0.4, -0.2) is 6.04 Å². The first-order valence-electron chi connectivity index (χ1n) is 5.63. The van der Waals surface area contributed by atoms with Gasteiger partial charge in [-0.2, -0.15) is 0 Å². The van der Waals surface area contributed by atoms with Gasteiger partial charge in [0.2, 0.25) is 0 Å². The second-order valence-electron chi connectivity index (χ2n) is 4.29. The summed E-state index contributed by atoms with van der Waals surface area (Å²) < 4.78 is 5.58. The molecule has 16 heavy (non-hydrogen) atoms. The first-order valence-corrected chi connectivity index (χ1v) is 5.63. The van der Waals surface area contributed by atoms with Gasteiger partial charge in [-0.15, -0.1) is 0 Å². The molecule has 0 amide bonds. The fourth-order valence-corrected chi connectivity index (χ4v) is 1.78. The first-order chi connectivity index (χ1) is 7.72. The largest absolute Gasteiger partial charge is 0.464 e. The van der Waals surface area contributed by atoms with Crippen LogP contribution in [0.25, 0.3) is 11.0 Å². The highest BCUT2D eigenvalue weighted by Gasteiger charge is 2.08. The Kier molecular flexibility index (Phi) is 3.27. The molecule has 0 saturated carbocycles. The molecule has 0 radical (unpaired) electrons. The van der Waals surface area contributed by atoms with Crippen LogP contribution in [0.3, 0.4) is 0 Å². The van der Waals surface area contributed by atoms with Crippen LogP contribution in [0.1, 0.15) is 25.0 Å². The Hall–Kier alpha value is -1.32. The average molecular weight is 218 g/mol. The minimum absolute atomic E-state index is 0.475. The smallest absolute Gasteiger partial charge is 0.138 e. The summed E-state index contributed by atoms with van der Waals surface area (Å²) in [4.78, 5) is 0. The van der Waals surface area contributed by atoms with Crippen molar-refractivity contribution < 1.29 is 4.42 Å². The molecule has 0 aliphatic carbocycles. The van der Waals surface area contributed by atoms with Crippen molar-refractivity contribution in [1.29, 1.82) is 0 Å². The predicted molar refractivity (Wildman–Crippen MR) is 66.1 cm³/mol. The van der Waals surface area contributed by atoms with Crippen LogP contribution >= 0.6 is 0 Å². The topological polar surface area (TPSA) is 51.2 Å². The summed E-state index contributed by atoms with van der Waals surface area (Å²) >= 11 is 0. The van der Waals surface area contributed by atoms with E-state index in [0.29, 0.717) is 12.6 Å². The number of furan rings is 1. The van der Waals surface area contributed by atoms with Gasteiger partial charge in [-0.25, -0.2) is 0 Å². The molecule has 86 valence electrons. The molecule has 2 aromatic rings. The van der Waals surface area contributed by atoms with E-state index in [0.717, 1.165) is 23.1 Å². The maximum absolute atomic E-state index is 5.67. The van der Waals surface area contributed by atoms with E-state index in [9.17, 15) is 0 Å². The second-order valence-corrected chi connectivity index (χ2v) is 4.29. The molecular formula is C13H18N2O. The third-order valence-electron chi connectivity index (χ3n) is 2.68. The molecule has 0 saturated heterocycles. The summed E-state index contributed by atoms with van der Waals surface area (Å²) in [7, 11) is 0. The monoisotopic (exact) mass is 218 g/mol. The summed E-state index contributed by atoms with van der Waals surface area (Å²) in [6, 6.07) is 6.59. The van der Waals surface area contributed by atoms with Crippen LogP contribution in [0.2, 0.25) is 0 Å². The Labute approximate surface area is 95.6 Å². The summed E-state index contributed by atoms with van der Waals surface area (Å²) in [6.45, 7) is 5.61. The number of nitrogens with two attached hydrogens (primary N) is 1. The Balaban J connectivity index is 2.34. The van der Waals surface area contributed by atoms with Gasteiger partial charge in [0.15, 0.2) is 0 Å². The molecule has 0 fully saturated rings. The molecule has 1 aromatic carbocycles. The van der Waals surface area contributed by atoms with Crippen LogP contribution in [0.4, 0.5) is 0 Å². The standard InChI is InChI=1S/C13H18N2O/c1-9(2)15-7-11-8-16-13-10(6-14)4-3-5-12(11)13/h3-5,8-9,15H,6-7,14H2,1-2H3. The van der Waals surface area contributed by atoms with E-state index in [1.165, 1.54) is 5.56 Å². The molecule has 0 unspecified atom stereocenters. The highest BCUT2D eigenvalue weighted by Crippen LogP contribution is 2.24. The number of rotatable bonds is 4. The number of fused-ring (bicyclic) bond motifs is 1. The maximum Gasteiger partial charge on any atom is 0.138 e. The molecule has 1 aromatic heterocycles. The maximum atomic E-state index is 5.67. The second kappa shape index (κ2) is 4.68. The Morgan fingerprint density at radius 3 is 2.81 bits per heavy atom. The third kappa shape index (κ3) is 2.10. The van der Waals surface area contributed by atoms with Crippen molar-refractivity contribution in [3.05, 3.63) is 35.6 Å². The van der Waals surface area contributed by atoms with Crippen LogP contribution in [0, 0.1) is 0 Å². The van der Waals surface area contributed by atoms with E-state index >= 15 is 0 Å². The molecule has 1 heterocycles. The Morgan fingerprint density at radius 1 is 1.31 bits per heavy atom. The van der Waals surface area contributed by atoms with Crippen LogP contribution in [0.5, 0.6) is 0 Å². The average Bonchev–Trinajstić information content (AvgIpc) is 2.69. The number of hydrogen-bond donors (Lipinski definition) is 2. The van der Waals surface area contributed by atoms with Crippen molar-refractivity contribution in [2.75, 3.05) is 0 Å². The van der Waals surface area contributed by atoms with Crippen molar-refractivity contribution in [3.8, 4) is 0 Å². The van der Waals surface area contributed by atoms with E-state index in [4.69, 9.17) is 10.2 Å². The molecule has 0 aliphatic rings. The minimum Gasteiger partial charge on any atom is -0.464 e. The Bertz CT molecular complexity index is 474. The van der Waals surface area contributed by atoms with Gasteiger partial charge < -0.3 is 15.5 Å². The quantitative estimate of drug-likeness (QED) is 0.828. The predicted octanol–water partition coefficient (Wildman–Crippen LogP) is 2.39. The lowest BCUT2D eigenvalue weighted by molar-refractivity contribution is 0.571. The zero-order valence-electron chi connectivity index (χ0n) is 9.79. The molecule has 3 heteroatoms. The van der Waals surface area contributed by atoms with Crippen molar-refractivity contribution in [2.45, 2.75) is 33.0 Å². The summed E-state index contributed by atoms with van der Waals surface area (Å²) in [6.07, 6.45) is 1.82. The first kappa shape index (κ1) is 11.2.